The van der Waals surface area contributed by atoms with Gasteiger partial charge in [0.05, 0.1) is 6.61 Å². The van der Waals surface area contributed by atoms with Crippen molar-refractivity contribution in [2.75, 3.05) is 13.2 Å². The van der Waals surface area contributed by atoms with Crippen molar-refractivity contribution in [1.82, 2.24) is 9.88 Å². The molecule has 1 saturated heterocycles. The number of rotatable bonds is 4. The first-order chi connectivity index (χ1) is 10.3. The minimum atomic E-state index is -0.187. The standard InChI is InChI=1S/C17H19FN2O/c18-17-10-14(13-5-7-19-8-6-13)3-4-15(17)11-20-9-1-2-16(20)12-21/h3-8,10,16,21H,1-2,9,11-12H2/t16-/m1/s1. The summed E-state index contributed by atoms with van der Waals surface area (Å²) in [5.41, 5.74) is 2.51. The van der Waals surface area contributed by atoms with Crippen molar-refractivity contribution < 1.29 is 9.50 Å². The maximum absolute atomic E-state index is 14.3. The van der Waals surface area contributed by atoms with Gasteiger partial charge >= 0.3 is 0 Å². The molecule has 2 aromatic rings. The lowest BCUT2D eigenvalue weighted by molar-refractivity contribution is 0.152. The van der Waals surface area contributed by atoms with E-state index in [0.717, 1.165) is 30.5 Å². The fourth-order valence-electron chi connectivity index (χ4n) is 2.93. The zero-order valence-electron chi connectivity index (χ0n) is 11.9. The number of pyridine rings is 1. The summed E-state index contributed by atoms with van der Waals surface area (Å²) in [4.78, 5) is 6.13. The first-order valence-electron chi connectivity index (χ1n) is 7.31. The third-order valence-electron chi connectivity index (χ3n) is 4.15. The molecular formula is C17H19FN2O. The summed E-state index contributed by atoms with van der Waals surface area (Å²) in [6.45, 7) is 1.64. The Morgan fingerprint density at radius 3 is 2.71 bits per heavy atom. The topological polar surface area (TPSA) is 36.4 Å². The van der Waals surface area contributed by atoms with Gasteiger partial charge in [0.25, 0.3) is 0 Å². The molecule has 1 aromatic heterocycles. The van der Waals surface area contributed by atoms with Crippen LogP contribution in [0, 0.1) is 5.82 Å². The van der Waals surface area contributed by atoms with Crippen LogP contribution in [0.1, 0.15) is 18.4 Å². The van der Waals surface area contributed by atoms with Gasteiger partial charge in [0.2, 0.25) is 0 Å². The summed E-state index contributed by atoms with van der Waals surface area (Å²) < 4.78 is 14.3. The van der Waals surface area contributed by atoms with E-state index in [9.17, 15) is 9.50 Å². The van der Waals surface area contributed by atoms with Crippen molar-refractivity contribution in [1.29, 1.82) is 0 Å². The first-order valence-corrected chi connectivity index (χ1v) is 7.31. The molecular weight excluding hydrogens is 267 g/mol. The van der Waals surface area contributed by atoms with E-state index < -0.39 is 0 Å². The number of aromatic nitrogens is 1. The molecule has 1 fully saturated rings. The molecule has 3 nitrogen and oxygen atoms in total. The molecule has 4 heteroatoms. The third-order valence-corrected chi connectivity index (χ3v) is 4.15. The number of halogens is 1. The van der Waals surface area contributed by atoms with Crippen LogP contribution >= 0.6 is 0 Å². The van der Waals surface area contributed by atoms with E-state index in [0.29, 0.717) is 12.1 Å². The lowest BCUT2D eigenvalue weighted by atomic mass is 10.0. The van der Waals surface area contributed by atoms with Gasteiger partial charge in [-0.15, -0.1) is 0 Å². The average molecular weight is 286 g/mol. The van der Waals surface area contributed by atoms with E-state index in [1.807, 2.05) is 24.3 Å². The van der Waals surface area contributed by atoms with Crippen molar-refractivity contribution in [3.63, 3.8) is 0 Å². The Kier molecular flexibility index (Phi) is 4.27. The molecule has 0 amide bonds. The van der Waals surface area contributed by atoms with E-state index in [-0.39, 0.29) is 18.5 Å². The van der Waals surface area contributed by atoms with E-state index >= 15 is 0 Å². The Labute approximate surface area is 124 Å². The van der Waals surface area contributed by atoms with Crippen LogP contribution in [0.4, 0.5) is 4.39 Å². The van der Waals surface area contributed by atoms with E-state index in [1.165, 1.54) is 0 Å². The third kappa shape index (κ3) is 3.12. The Balaban J connectivity index is 1.79. The van der Waals surface area contributed by atoms with Crippen molar-refractivity contribution in [2.45, 2.75) is 25.4 Å². The van der Waals surface area contributed by atoms with Crippen molar-refractivity contribution >= 4 is 0 Å². The predicted molar refractivity (Wildman–Crippen MR) is 80.1 cm³/mol. The van der Waals surface area contributed by atoms with Gasteiger partial charge in [-0.25, -0.2) is 4.39 Å². The smallest absolute Gasteiger partial charge is 0.128 e. The molecule has 1 aliphatic heterocycles. The highest BCUT2D eigenvalue weighted by Crippen LogP contribution is 2.24. The average Bonchev–Trinajstić information content (AvgIpc) is 2.97. The normalized spacial score (nSPS) is 19.0. The zero-order valence-corrected chi connectivity index (χ0v) is 11.9. The summed E-state index contributed by atoms with van der Waals surface area (Å²) >= 11 is 0. The molecule has 1 aliphatic rings. The van der Waals surface area contributed by atoms with Crippen LogP contribution < -0.4 is 0 Å². The SMILES string of the molecule is OC[C@H]1CCCN1Cc1ccc(-c2ccncc2)cc1F. The molecule has 0 saturated carbocycles. The van der Waals surface area contributed by atoms with Gasteiger partial charge in [-0.3, -0.25) is 9.88 Å². The molecule has 0 radical (unpaired) electrons. The lowest BCUT2D eigenvalue weighted by Crippen LogP contribution is -2.31. The summed E-state index contributed by atoms with van der Waals surface area (Å²) in [6.07, 6.45) is 5.48. The van der Waals surface area contributed by atoms with Crippen LogP contribution in [-0.2, 0) is 6.54 Å². The highest BCUT2D eigenvalue weighted by molar-refractivity contribution is 5.63. The highest BCUT2D eigenvalue weighted by atomic mass is 19.1. The molecule has 1 N–H and O–H groups in total. The number of hydrogen-bond acceptors (Lipinski definition) is 3. The van der Waals surface area contributed by atoms with Crippen LogP contribution in [0.25, 0.3) is 11.1 Å². The second-order valence-corrected chi connectivity index (χ2v) is 5.49. The number of aliphatic hydroxyl groups is 1. The summed E-state index contributed by atoms with van der Waals surface area (Å²) in [5.74, 6) is -0.187. The molecule has 3 rings (SSSR count). The van der Waals surface area contributed by atoms with Gasteiger partial charge in [-0.05, 0) is 48.7 Å². The predicted octanol–water partition coefficient (Wildman–Crippen LogP) is 2.84. The van der Waals surface area contributed by atoms with E-state index in [1.54, 1.807) is 18.5 Å². The van der Waals surface area contributed by atoms with Gasteiger partial charge in [0.15, 0.2) is 0 Å². The minimum Gasteiger partial charge on any atom is -0.395 e. The van der Waals surface area contributed by atoms with Gasteiger partial charge in [-0.2, -0.15) is 0 Å². The van der Waals surface area contributed by atoms with Crippen LogP contribution in [0.15, 0.2) is 42.7 Å². The Hall–Kier alpha value is -1.78. The lowest BCUT2D eigenvalue weighted by Gasteiger charge is -2.23. The van der Waals surface area contributed by atoms with Gasteiger partial charge in [0.1, 0.15) is 5.82 Å². The van der Waals surface area contributed by atoms with Gasteiger partial charge in [-0.1, -0.05) is 12.1 Å². The van der Waals surface area contributed by atoms with Crippen LogP contribution in [0.2, 0.25) is 0 Å². The zero-order chi connectivity index (χ0) is 14.7. The summed E-state index contributed by atoms with van der Waals surface area (Å²) in [5, 5.41) is 9.34. The molecule has 0 bridgehead atoms. The van der Waals surface area contributed by atoms with Crippen LogP contribution in [0.5, 0.6) is 0 Å². The minimum absolute atomic E-state index is 0.150. The molecule has 2 heterocycles. The fraction of sp³-hybridized carbons (Fsp3) is 0.353. The monoisotopic (exact) mass is 286 g/mol. The van der Waals surface area contributed by atoms with Crippen LogP contribution in [-0.4, -0.2) is 34.2 Å². The molecule has 0 unspecified atom stereocenters. The summed E-state index contributed by atoms with van der Waals surface area (Å²) in [6, 6.07) is 9.28. The van der Waals surface area contributed by atoms with Crippen LogP contribution in [0.3, 0.4) is 0 Å². The highest BCUT2D eigenvalue weighted by Gasteiger charge is 2.24. The van der Waals surface area contributed by atoms with Crippen molar-refractivity contribution in [3.05, 3.63) is 54.1 Å². The second-order valence-electron chi connectivity index (χ2n) is 5.49. The maximum atomic E-state index is 14.3. The summed E-state index contributed by atoms with van der Waals surface area (Å²) in [7, 11) is 0. The quantitative estimate of drug-likeness (QED) is 0.939. The molecule has 110 valence electrons. The molecule has 0 aliphatic carbocycles. The molecule has 1 aromatic carbocycles. The van der Waals surface area contributed by atoms with E-state index in [2.05, 4.69) is 9.88 Å². The maximum Gasteiger partial charge on any atom is 0.128 e. The first kappa shape index (κ1) is 14.2. The number of benzene rings is 1. The largest absolute Gasteiger partial charge is 0.395 e. The fourth-order valence-corrected chi connectivity index (χ4v) is 2.93. The number of hydrogen-bond donors (Lipinski definition) is 1. The Morgan fingerprint density at radius 2 is 2.00 bits per heavy atom. The molecule has 21 heavy (non-hydrogen) atoms. The van der Waals surface area contributed by atoms with E-state index in [4.69, 9.17) is 0 Å². The van der Waals surface area contributed by atoms with Gasteiger partial charge in [0, 0.05) is 30.5 Å². The molecule has 0 spiro atoms. The van der Waals surface area contributed by atoms with Gasteiger partial charge < -0.3 is 5.11 Å². The Morgan fingerprint density at radius 1 is 1.19 bits per heavy atom. The Bertz CT molecular complexity index is 603. The number of aliphatic hydroxyl groups excluding tert-OH is 1. The molecule has 1 atom stereocenters. The number of likely N-dealkylation sites (tertiary alicyclic amines) is 1. The van der Waals surface area contributed by atoms with Crippen molar-refractivity contribution in [2.24, 2.45) is 0 Å². The second kappa shape index (κ2) is 6.33. The van der Waals surface area contributed by atoms with Crippen molar-refractivity contribution in [3.8, 4) is 11.1 Å². The number of nitrogens with zero attached hydrogens (tertiary/aromatic N) is 2.